The SMILES string of the molecule is CCn1c2ccccc2c2cc(-c3nc4cc(S(=O)(=O)NC)ccc4n3C)ccc21. The van der Waals surface area contributed by atoms with Gasteiger partial charge >= 0.3 is 0 Å². The molecule has 0 aliphatic carbocycles. The van der Waals surface area contributed by atoms with E-state index >= 15 is 0 Å². The number of aryl methyl sites for hydroxylation is 2. The van der Waals surface area contributed by atoms with E-state index in [0.29, 0.717) is 5.52 Å². The first-order valence-corrected chi connectivity index (χ1v) is 11.3. The number of hydrogen-bond donors (Lipinski definition) is 1. The minimum Gasteiger partial charge on any atom is -0.341 e. The fourth-order valence-corrected chi connectivity index (χ4v) is 5.01. The summed E-state index contributed by atoms with van der Waals surface area (Å²) in [7, 11) is -0.150. The molecule has 30 heavy (non-hydrogen) atoms. The number of aromatic nitrogens is 3. The standard InChI is InChI=1S/C23H22N4O2S/c1-4-27-20-8-6-5-7-17(20)18-13-15(9-11-21(18)27)23-25-19-14-16(30(28,29)24-2)10-12-22(19)26(23)3/h5-14,24H,4H2,1-3H3. The van der Waals surface area contributed by atoms with Crippen LogP contribution in [0.25, 0.3) is 44.2 Å². The normalized spacial score (nSPS) is 12.4. The van der Waals surface area contributed by atoms with Crippen molar-refractivity contribution in [1.82, 2.24) is 18.8 Å². The van der Waals surface area contributed by atoms with E-state index in [-0.39, 0.29) is 4.90 Å². The third kappa shape index (κ3) is 2.66. The first-order valence-electron chi connectivity index (χ1n) is 9.86. The average molecular weight is 419 g/mol. The molecule has 0 atom stereocenters. The number of fused-ring (bicyclic) bond motifs is 4. The Morgan fingerprint density at radius 1 is 0.933 bits per heavy atom. The fraction of sp³-hybridized carbons (Fsp3) is 0.174. The van der Waals surface area contributed by atoms with Gasteiger partial charge in [-0.05, 0) is 56.4 Å². The number of benzene rings is 3. The van der Waals surface area contributed by atoms with E-state index in [1.807, 2.05) is 11.6 Å². The Bertz CT molecular complexity index is 1540. The molecular formula is C23H22N4O2S. The molecule has 0 fully saturated rings. The van der Waals surface area contributed by atoms with Crippen molar-refractivity contribution in [3.63, 3.8) is 0 Å². The molecule has 0 amide bonds. The summed E-state index contributed by atoms with van der Waals surface area (Å²) < 4.78 is 31.0. The Balaban J connectivity index is 1.73. The molecule has 0 unspecified atom stereocenters. The summed E-state index contributed by atoms with van der Waals surface area (Å²) in [4.78, 5) is 4.98. The zero-order chi connectivity index (χ0) is 21.0. The lowest BCUT2D eigenvalue weighted by Gasteiger charge is -2.05. The maximum absolute atomic E-state index is 12.2. The quantitative estimate of drug-likeness (QED) is 0.474. The molecule has 0 spiro atoms. The largest absolute Gasteiger partial charge is 0.341 e. The van der Waals surface area contributed by atoms with Gasteiger partial charge in [-0.15, -0.1) is 0 Å². The average Bonchev–Trinajstić information content (AvgIpc) is 3.27. The first-order chi connectivity index (χ1) is 14.4. The van der Waals surface area contributed by atoms with Crippen molar-refractivity contribution in [1.29, 1.82) is 0 Å². The molecule has 5 rings (SSSR count). The molecule has 3 aromatic carbocycles. The maximum atomic E-state index is 12.2. The summed E-state index contributed by atoms with van der Waals surface area (Å²) in [5, 5.41) is 2.41. The monoisotopic (exact) mass is 418 g/mol. The van der Waals surface area contributed by atoms with Gasteiger partial charge in [-0.1, -0.05) is 18.2 Å². The zero-order valence-corrected chi connectivity index (χ0v) is 17.9. The van der Waals surface area contributed by atoms with E-state index in [4.69, 9.17) is 4.98 Å². The Morgan fingerprint density at radius 2 is 1.67 bits per heavy atom. The van der Waals surface area contributed by atoms with Gasteiger partial charge in [0, 0.05) is 41.0 Å². The van der Waals surface area contributed by atoms with Crippen LogP contribution in [0.15, 0.2) is 65.6 Å². The summed E-state index contributed by atoms with van der Waals surface area (Å²) in [6.45, 7) is 3.06. The number of nitrogens with one attached hydrogen (secondary N) is 1. The number of sulfonamides is 1. The Morgan fingerprint density at radius 3 is 2.43 bits per heavy atom. The van der Waals surface area contributed by atoms with E-state index in [1.165, 1.54) is 28.9 Å². The molecule has 5 aromatic rings. The summed E-state index contributed by atoms with van der Waals surface area (Å²) in [5.74, 6) is 0.805. The second-order valence-electron chi connectivity index (χ2n) is 7.35. The van der Waals surface area contributed by atoms with E-state index in [0.717, 1.165) is 23.4 Å². The number of imidazole rings is 1. The van der Waals surface area contributed by atoms with Crippen molar-refractivity contribution >= 4 is 42.9 Å². The van der Waals surface area contributed by atoms with Gasteiger partial charge in [-0.3, -0.25) is 0 Å². The summed E-state index contributed by atoms with van der Waals surface area (Å²) in [6.07, 6.45) is 0. The lowest BCUT2D eigenvalue weighted by Crippen LogP contribution is -2.18. The second kappa shape index (κ2) is 6.68. The molecule has 0 aliphatic heterocycles. The van der Waals surface area contributed by atoms with E-state index in [9.17, 15) is 8.42 Å². The number of hydrogen-bond acceptors (Lipinski definition) is 3. The number of nitrogens with zero attached hydrogens (tertiary/aromatic N) is 3. The van der Waals surface area contributed by atoms with Crippen LogP contribution in [0.1, 0.15) is 6.92 Å². The fourth-order valence-electron chi connectivity index (χ4n) is 4.26. The van der Waals surface area contributed by atoms with Crippen LogP contribution in [0.3, 0.4) is 0 Å². The zero-order valence-electron chi connectivity index (χ0n) is 17.0. The molecular weight excluding hydrogens is 396 g/mol. The van der Waals surface area contributed by atoms with Crippen LogP contribution in [0.5, 0.6) is 0 Å². The molecule has 0 bridgehead atoms. The van der Waals surface area contributed by atoms with Gasteiger partial charge in [-0.2, -0.15) is 0 Å². The van der Waals surface area contributed by atoms with Crippen molar-refractivity contribution in [2.75, 3.05) is 7.05 Å². The predicted molar refractivity (Wildman–Crippen MR) is 121 cm³/mol. The lowest BCUT2D eigenvalue weighted by atomic mass is 10.1. The molecule has 2 aromatic heterocycles. The molecule has 0 saturated carbocycles. The third-order valence-electron chi connectivity index (χ3n) is 5.78. The van der Waals surface area contributed by atoms with Gasteiger partial charge in [0.25, 0.3) is 0 Å². The minimum atomic E-state index is -3.51. The van der Waals surface area contributed by atoms with Crippen LogP contribution >= 0.6 is 0 Å². The van der Waals surface area contributed by atoms with Crippen molar-refractivity contribution in [2.24, 2.45) is 7.05 Å². The van der Waals surface area contributed by atoms with E-state index < -0.39 is 10.0 Å². The smallest absolute Gasteiger partial charge is 0.240 e. The maximum Gasteiger partial charge on any atom is 0.240 e. The van der Waals surface area contributed by atoms with Gasteiger partial charge in [0.2, 0.25) is 10.0 Å². The van der Waals surface area contributed by atoms with E-state index in [1.54, 1.807) is 18.2 Å². The molecule has 0 saturated heterocycles. The predicted octanol–water partition coefficient (Wildman–Crippen LogP) is 4.28. The molecule has 6 nitrogen and oxygen atoms in total. The second-order valence-corrected chi connectivity index (χ2v) is 9.23. The molecule has 0 radical (unpaired) electrons. The van der Waals surface area contributed by atoms with Gasteiger partial charge in [0.05, 0.1) is 15.9 Å². The van der Waals surface area contributed by atoms with Gasteiger partial charge in [-0.25, -0.2) is 18.1 Å². The Hall–Kier alpha value is -3.16. The first kappa shape index (κ1) is 18.8. The highest BCUT2D eigenvalue weighted by Crippen LogP contribution is 2.33. The highest BCUT2D eigenvalue weighted by Gasteiger charge is 2.17. The van der Waals surface area contributed by atoms with Crippen LogP contribution in [0.2, 0.25) is 0 Å². The van der Waals surface area contributed by atoms with Crippen LogP contribution in [0, 0.1) is 0 Å². The van der Waals surface area contributed by atoms with Crippen molar-refractivity contribution in [3.05, 3.63) is 60.7 Å². The highest BCUT2D eigenvalue weighted by atomic mass is 32.2. The Labute approximate surface area is 174 Å². The molecule has 152 valence electrons. The lowest BCUT2D eigenvalue weighted by molar-refractivity contribution is 0.588. The molecule has 7 heteroatoms. The molecule has 2 heterocycles. The number of rotatable bonds is 4. The van der Waals surface area contributed by atoms with E-state index in [2.05, 4.69) is 58.7 Å². The third-order valence-corrected chi connectivity index (χ3v) is 7.19. The van der Waals surface area contributed by atoms with Crippen molar-refractivity contribution in [3.8, 4) is 11.4 Å². The molecule has 1 N–H and O–H groups in total. The van der Waals surface area contributed by atoms with Crippen molar-refractivity contribution in [2.45, 2.75) is 18.4 Å². The molecule has 0 aliphatic rings. The highest BCUT2D eigenvalue weighted by molar-refractivity contribution is 7.89. The topological polar surface area (TPSA) is 68.9 Å². The number of para-hydroxylation sites is 1. The van der Waals surface area contributed by atoms with Crippen LogP contribution in [-0.2, 0) is 23.6 Å². The minimum absolute atomic E-state index is 0.212. The Kier molecular flexibility index (Phi) is 4.20. The summed E-state index contributed by atoms with van der Waals surface area (Å²) >= 11 is 0. The summed E-state index contributed by atoms with van der Waals surface area (Å²) in [5.41, 5.74) is 4.96. The van der Waals surface area contributed by atoms with Gasteiger partial charge in [0.15, 0.2) is 0 Å². The van der Waals surface area contributed by atoms with Crippen LogP contribution in [0.4, 0.5) is 0 Å². The van der Waals surface area contributed by atoms with Gasteiger partial charge in [0.1, 0.15) is 5.82 Å². The van der Waals surface area contributed by atoms with Gasteiger partial charge < -0.3 is 9.13 Å². The van der Waals surface area contributed by atoms with Crippen LogP contribution in [-0.4, -0.2) is 29.6 Å². The van der Waals surface area contributed by atoms with Crippen molar-refractivity contribution < 1.29 is 8.42 Å². The summed E-state index contributed by atoms with van der Waals surface area (Å²) in [6, 6.07) is 19.9. The van der Waals surface area contributed by atoms with Crippen LogP contribution < -0.4 is 4.72 Å².